The third kappa shape index (κ3) is 1.78. The third-order valence-corrected chi connectivity index (χ3v) is 3.41. The first-order chi connectivity index (χ1) is 7.54. The van der Waals surface area contributed by atoms with Crippen molar-refractivity contribution in [2.45, 2.75) is 13.0 Å². The van der Waals surface area contributed by atoms with Crippen molar-refractivity contribution < 1.29 is 19.4 Å². The number of hydrogen-bond donors (Lipinski definition) is 3. The van der Waals surface area contributed by atoms with Crippen LogP contribution in [0.5, 0.6) is 0 Å². The highest BCUT2D eigenvalue weighted by Crippen LogP contribution is 2.29. The smallest absolute Gasteiger partial charge is 0.313 e. The van der Waals surface area contributed by atoms with Gasteiger partial charge in [0.25, 0.3) is 0 Å². The first-order valence-corrected chi connectivity index (χ1v) is 5.36. The molecule has 6 heteroatoms. The van der Waals surface area contributed by atoms with Gasteiger partial charge in [0, 0.05) is 13.1 Å². The maximum Gasteiger partial charge on any atom is 0.313 e. The molecule has 16 heavy (non-hydrogen) atoms. The SMILES string of the molecule is CC1(C(=O)O)COCC1NC(=O)C1CNC1. The second-order valence-corrected chi connectivity index (χ2v) is 4.65. The van der Waals surface area contributed by atoms with Crippen LogP contribution in [0.3, 0.4) is 0 Å². The molecule has 3 N–H and O–H groups in total. The van der Waals surface area contributed by atoms with Gasteiger partial charge < -0.3 is 20.5 Å². The lowest BCUT2D eigenvalue weighted by Gasteiger charge is -2.30. The Labute approximate surface area is 93.3 Å². The van der Waals surface area contributed by atoms with Crippen LogP contribution >= 0.6 is 0 Å². The molecule has 2 unspecified atom stereocenters. The molecular formula is C10H16N2O4. The number of amides is 1. The van der Waals surface area contributed by atoms with Gasteiger partial charge in [-0.25, -0.2) is 0 Å². The average Bonchev–Trinajstić information content (AvgIpc) is 2.46. The minimum atomic E-state index is -1.01. The Hall–Kier alpha value is -1.14. The van der Waals surface area contributed by atoms with Crippen molar-refractivity contribution in [1.82, 2.24) is 10.6 Å². The second-order valence-electron chi connectivity index (χ2n) is 4.65. The van der Waals surface area contributed by atoms with Crippen molar-refractivity contribution in [1.29, 1.82) is 0 Å². The molecule has 0 aromatic carbocycles. The summed E-state index contributed by atoms with van der Waals surface area (Å²) in [5.41, 5.74) is -1.01. The molecule has 0 spiro atoms. The van der Waals surface area contributed by atoms with Gasteiger partial charge in [-0.1, -0.05) is 0 Å². The van der Waals surface area contributed by atoms with E-state index < -0.39 is 17.4 Å². The summed E-state index contributed by atoms with van der Waals surface area (Å²) in [4.78, 5) is 22.8. The van der Waals surface area contributed by atoms with Crippen LogP contribution in [-0.2, 0) is 14.3 Å². The first kappa shape index (κ1) is 11.3. The molecule has 2 rings (SSSR count). The van der Waals surface area contributed by atoms with Crippen molar-refractivity contribution in [3.8, 4) is 0 Å². The van der Waals surface area contributed by atoms with E-state index in [1.807, 2.05) is 0 Å². The normalized spacial score (nSPS) is 34.4. The number of ether oxygens (including phenoxy) is 1. The van der Waals surface area contributed by atoms with Gasteiger partial charge in [0.15, 0.2) is 0 Å². The highest BCUT2D eigenvalue weighted by molar-refractivity contribution is 5.82. The highest BCUT2D eigenvalue weighted by atomic mass is 16.5. The molecule has 0 aromatic heterocycles. The molecule has 2 heterocycles. The minimum absolute atomic E-state index is 0.0290. The van der Waals surface area contributed by atoms with Crippen molar-refractivity contribution in [2.24, 2.45) is 11.3 Å². The minimum Gasteiger partial charge on any atom is -0.481 e. The molecule has 2 fully saturated rings. The van der Waals surface area contributed by atoms with Crippen molar-refractivity contribution in [3.63, 3.8) is 0 Å². The molecule has 0 aromatic rings. The Kier molecular flexibility index (Phi) is 2.86. The monoisotopic (exact) mass is 228 g/mol. The standard InChI is InChI=1S/C10H16N2O4/c1-10(9(14)15)5-16-4-7(10)12-8(13)6-2-11-3-6/h6-7,11H,2-5H2,1H3,(H,12,13)(H,14,15). The van der Waals surface area contributed by atoms with Gasteiger partial charge in [0.05, 0.1) is 25.2 Å². The summed E-state index contributed by atoms with van der Waals surface area (Å²) in [5.74, 6) is -1.04. The number of carbonyl (C=O) groups is 2. The maximum atomic E-state index is 11.7. The first-order valence-electron chi connectivity index (χ1n) is 5.36. The van der Waals surface area contributed by atoms with Crippen LogP contribution in [0.4, 0.5) is 0 Å². The van der Waals surface area contributed by atoms with Crippen LogP contribution in [0.2, 0.25) is 0 Å². The maximum absolute atomic E-state index is 11.7. The molecule has 1 amide bonds. The number of rotatable bonds is 3. The molecule has 6 nitrogen and oxygen atoms in total. The molecule has 0 saturated carbocycles. The number of carbonyl (C=O) groups excluding carboxylic acids is 1. The summed E-state index contributed by atoms with van der Waals surface area (Å²) in [7, 11) is 0. The van der Waals surface area contributed by atoms with Crippen LogP contribution in [0.25, 0.3) is 0 Å². The zero-order valence-corrected chi connectivity index (χ0v) is 9.16. The second kappa shape index (κ2) is 4.03. The van der Waals surface area contributed by atoms with E-state index in [2.05, 4.69) is 10.6 Å². The van der Waals surface area contributed by atoms with Gasteiger partial charge in [-0.05, 0) is 6.92 Å². The largest absolute Gasteiger partial charge is 0.481 e. The topological polar surface area (TPSA) is 87.7 Å². The predicted octanol–water partition coefficient (Wildman–Crippen LogP) is -1.19. The van der Waals surface area contributed by atoms with E-state index in [1.54, 1.807) is 6.92 Å². The van der Waals surface area contributed by atoms with E-state index in [-0.39, 0.29) is 25.0 Å². The van der Waals surface area contributed by atoms with Gasteiger partial charge in [-0.15, -0.1) is 0 Å². The molecule has 0 radical (unpaired) electrons. The van der Waals surface area contributed by atoms with Gasteiger partial charge in [-0.3, -0.25) is 9.59 Å². The van der Waals surface area contributed by atoms with Crippen LogP contribution in [0.1, 0.15) is 6.92 Å². The number of carboxylic acid groups (broad SMARTS) is 1. The Balaban J connectivity index is 1.98. The van der Waals surface area contributed by atoms with Crippen LogP contribution in [-0.4, -0.2) is 49.3 Å². The van der Waals surface area contributed by atoms with Gasteiger partial charge in [0.2, 0.25) is 5.91 Å². The fourth-order valence-corrected chi connectivity index (χ4v) is 1.85. The zero-order chi connectivity index (χ0) is 11.8. The Bertz CT molecular complexity index is 316. The van der Waals surface area contributed by atoms with Crippen LogP contribution < -0.4 is 10.6 Å². The molecule has 2 atom stereocenters. The molecule has 2 aliphatic rings. The van der Waals surface area contributed by atoms with Crippen LogP contribution in [0.15, 0.2) is 0 Å². The van der Waals surface area contributed by atoms with Crippen molar-refractivity contribution in [3.05, 3.63) is 0 Å². The lowest BCUT2D eigenvalue weighted by atomic mass is 9.85. The lowest BCUT2D eigenvalue weighted by Crippen LogP contribution is -2.56. The Morgan fingerprint density at radius 3 is 2.69 bits per heavy atom. The average molecular weight is 228 g/mol. The summed E-state index contributed by atoms with van der Waals surface area (Å²) in [6.45, 7) is 3.36. The summed E-state index contributed by atoms with van der Waals surface area (Å²) in [6.07, 6.45) is 0. The zero-order valence-electron chi connectivity index (χ0n) is 9.16. The van der Waals surface area contributed by atoms with Gasteiger partial charge >= 0.3 is 5.97 Å². The van der Waals surface area contributed by atoms with E-state index >= 15 is 0 Å². The molecule has 0 aliphatic carbocycles. The molecule has 2 aliphatic heterocycles. The third-order valence-electron chi connectivity index (χ3n) is 3.41. The van der Waals surface area contributed by atoms with Gasteiger partial charge in [-0.2, -0.15) is 0 Å². The quantitative estimate of drug-likeness (QED) is 0.565. The van der Waals surface area contributed by atoms with Gasteiger partial charge in [0.1, 0.15) is 5.41 Å². The Morgan fingerprint density at radius 1 is 1.50 bits per heavy atom. The fourth-order valence-electron chi connectivity index (χ4n) is 1.85. The molecule has 2 saturated heterocycles. The summed E-state index contributed by atoms with van der Waals surface area (Å²) in [5, 5.41) is 14.9. The van der Waals surface area contributed by atoms with E-state index in [9.17, 15) is 9.59 Å². The number of aliphatic carboxylic acids is 1. The van der Waals surface area contributed by atoms with E-state index in [4.69, 9.17) is 9.84 Å². The number of nitrogens with one attached hydrogen (secondary N) is 2. The summed E-state index contributed by atoms with van der Waals surface area (Å²) >= 11 is 0. The summed E-state index contributed by atoms with van der Waals surface area (Å²) < 4.78 is 5.16. The highest BCUT2D eigenvalue weighted by Gasteiger charge is 2.47. The fraction of sp³-hybridized carbons (Fsp3) is 0.800. The number of carboxylic acids is 1. The lowest BCUT2D eigenvalue weighted by molar-refractivity contribution is -0.149. The molecular weight excluding hydrogens is 212 g/mol. The predicted molar refractivity (Wildman–Crippen MR) is 54.9 cm³/mol. The van der Waals surface area contributed by atoms with Crippen LogP contribution in [0, 0.1) is 11.3 Å². The number of hydrogen-bond acceptors (Lipinski definition) is 4. The van der Waals surface area contributed by atoms with Crippen molar-refractivity contribution in [2.75, 3.05) is 26.3 Å². The molecule has 0 bridgehead atoms. The van der Waals surface area contributed by atoms with Crippen molar-refractivity contribution >= 4 is 11.9 Å². The molecule has 90 valence electrons. The van der Waals surface area contributed by atoms with E-state index in [0.717, 1.165) is 0 Å². The summed E-state index contributed by atoms with van der Waals surface area (Å²) in [6, 6.07) is -0.432. The van der Waals surface area contributed by atoms with E-state index in [0.29, 0.717) is 13.1 Å². The Morgan fingerprint density at radius 2 is 2.19 bits per heavy atom. The van der Waals surface area contributed by atoms with E-state index in [1.165, 1.54) is 0 Å².